The van der Waals surface area contributed by atoms with Gasteiger partial charge in [-0.1, -0.05) is 6.92 Å². The molecule has 1 aliphatic heterocycles. The average Bonchev–Trinajstić information content (AvgIpc) is 2.17. The Morgan fingerprint density at radius 2 is 2.27 bits per heavy atom. The number of nitrogens with one attached hydrogen (secondary N) is 1. The molecule has 0 aromatic carbocycles. The molecule has 15 heavy (non-hydrogen) atoms. The molecular formula is C9H20N2O3S. The maximum absolute atomic E-state index is 11.8. The van der Waals surface area contributed by atoms with Crippen LogP contribution in [0.3, 0.4) is 0 Å². The van der Waals surface area contributed by atoms with Gasteiger partial charge in [0.05, 0.1) is 6.61 Å². The highest BCUT2D eigenvalue weighted by molar-refractivity contribution is 7.87. The lowest BCUT2D eigenvalue weighted by molar-refractivity contribution is 0.252. The van der Waals surface area contributed by atoms with Gasteiger partial charge in [0.15, 0.2) is 0 Å². The average molecular weight is 236 g/mol. The summed E-state index contributed by atoms with van der Waals surface area (Å²) >= 11 is 0. The number of hydrogen-bond donors (Lipinski definition) is 2. The van der Waals surface area contributed by atoms with Crippen LogP contribution in [0.15, 0.2) is 0 Å². The first-order chi connectivity index (χ1) is 6.95. The van der Waals surface area contributed by atoms with Crippen molar-refractivity contribution in [3.8, 4) is 0 Å². The van der Waals surface area contributed by atoms with Crippen molar-refractivity contribution in [3.05, 3.63) is 0 Å². The lowest BCUT2D eigenvalue weighted by atomic mass is 10.0. The second kappa shape index (κ2) is 5.25. The molecule has 1 aliphatic rings. The third-order valence-electron chi connectivity index (χ3n) is 2.58. The van der Waals surface area contributed by atoms with E-state index in [0.717, 1.165) is 12.8 Å². The second-order valence-corrected chi connectivity index (χ2v) is 6.01. The fourth-order valence-electron chi connectivity index (χ4n) is 1.73. The van der Waals surface area contributed by atoms with Crippen molar-refractivity contribution >= 4 is 10.2 Å². The monoisotopic (exact) mass is 236 g/mol. The molecule has 5 nitrogen and oxygen atoms in total. The second-order valence-electron chi connectivity index (χ2n) is 4.31. The quantitative estimate of drug-likeness (QED) is 0.718. The van der Waals surface area contributed by atoms with Crippen molar-refractivity contribution in [2.24, 2.45) is 5.92 Å². The highest BCUT2D eigenvalue weighted by Crippen LogP contribution is 2.17. The zero-order valence-electron chi connectivity index (χ0n) is 9.31. The number of aliphatic hydroxyl groups excluding tert-OH is 1. The van der Waals surface area contributed by atoms with E-state index in [1.165, 1.54) is 4.31 Å². The van der Waals surface area contributed by atoms with Crippen molar-refractivity contribution in [1.82, 2.24) is 9.03 Å². The molecule has 0 spiro atoms. The molecule has 1 saturated heterocycles. The first-order valence-electron chi connectivity index (χ1n) is 5.34. The molecule has 6 heteroatoms. The predicted molar refractivity (Wildman–Crippen MR) is 58.6 cm³/mol. The smallest absolute Gasteiger partial charge is 0.279 e. The van der Waals surface area contributed by atoms with Crippen molar-refractivity contribution in [2.75, 3.05) is 19.7 Å². The Morgan fingerprint density at radius 3 is 2.80 bits per heavy atom. The predicted octanol–water partition coefficient (Wildman–Crippen LogP) is -0.0665. The summed E-state index contributed by atoms with van der Waals surface area (Å²) in [5, 5.41) is 8.80. The van der Waals surface area contributed by atoms with Crippen LogP contribution >= 0.6 is 0 Å². The van der Waals surface area contributed by atoms with E-state index in [0.29, 0.717) is 19.0 Å². The van der Waals surface area contributed by atoms with Crippen molar-refractivity contribution in [3.63, 3.8) is 0 Å². The van der Waals surface area contributed by atoms with E-state index in [4.69, 9.17) is 5.11 Å². The maximum atomic E-state index is 11.8. The minimum atomic E-state index is -3.40. The minimum absolute atomic E-state index is 0.178. The zero-order chi connectivity index (χ0) is 11.5. The van der Waals surface area contributed by atoms with E-state index in [1.54, 1.807) is 6.92 Å². The summed E-state index contributed by atoms with van der Waals surface area (Å²) in [6.07, 6.45) is 2.00. The van der Waals surface area contributed by atoms with Crippen LogP contribution in [0.4, 0.5) is 0 Å². The summed E-state index contributed by atoms with van der Waals surface area (Å²) in [5.74, 6) is 0.416. The lowest BCUT2D eigenvalue weighted by Gasteiger charge is -2.30. The van der Waals surface area contributed by atoms with Gasteiger partial charge in [-0.15, -0.1) is 0 Å². The van der Waals surface area contributed by atoms with Gasteiger partial charge < -0.3 is 5.11 Å². The van der Waals surface area contributed by atoms with Gasteiger partial charge in [0.2, 0.25) is 0 Å². The van der Waals surface area contributed by atoms with Gasteiger partial charge in [-0.05, 0) is 25.7 Å². The number of hydrogen-bond acceptors (Lipinski definition) is 3. The molecule has 0 aliphatic carbocycles. The molecule has 1 rings (SSSR count). The molecule has 2 atom stereocenters. The van der Waals surface area contributed by atoms with Gasteiger partial charge in [0.1, 0.15) is 0 Å². The molecule has 0 saturated carbocycles. The fourth-order valence-corrected chi connectivity index (χ4v) is 3.28. The van der Waals surface area contributed by atoms with Gasteiger partial charge in [0.25, 0.3) is 10.2 Å². The number of nitrogens with zero attached hydrogens (tertiary/aromatic N) is 1. The largest absolute Gasteiger partial charge is 0.395 e. The van der Waals surface area contributed by atoms with Gasteiger partial charge in [0, 0.05) is 19.1 Å². The molecule has 0 bridgehead atoms. The van der Waals surface area contributed by atoms with E-state index in [9.17, 15) is 8.42 Å². The van der Waals surface area contributed by atoms with Crippen LogP contribution in [0.25, 0.3) is 0 Å². The van der Waals surface area contributed by atoms with E-state index in [2.05, 4.69) is 11.6 Å². The minimum Gasteiger partial charge on any atom is -0.395 e. The maximum Gasteiger partial charge on any atom is 0.279 e. The summed E-state index contributed by atoms with van der Waals surface area (Å²) in [7, 11) is -3.40. The normalized spacial score (nSPS) is 26.5. The molecule has 1 heterocycles. The van der Waals surface area contributed by atoms with Crippen molar-refractivity contribution in [1.29, 1.82) is 0 Å². The van der Waals surface area contributed by atoms with E-state index < -0.39 is 16.3 Å². The number of piperidine rings is 1. The fraction of sp³-hybridized carbons (Fsp3) is 1.00. The molecule has 0 amide bonds. The first-order valence-corrected chi connectivity index (χ1v) is 6.78. The summed E-state index contributed by atoms with van der Waals surface area (Å²) < 4.78 is 27.5. The third-order valence-corrected chi connectivity index (χ3v) is 4.30. The van der Waals surface area contributed by atoms with E-state index >= 15 is 0 Å². The Kier molecular flexibility index (Phi) is 4.51. The molecule has 2 N–H and O–H groups in total. The van der Waals surface area contributed by atoms with Crippen LogP contribution in [0.1, 0.15) is 26.7 Å². The van der Waals surface area contributed by atoms with Gasteiger partial charge >= 0.3 is 0 Å². The Bertz CT molecular complexity index is 292. The molecule has 1 fully saturated rings. The van der Waals surface area contributed by atoms with Crippen LogP contribution < -0.4 is 4.72 Å². The molecular weight excluding hydrogens is 216 g/mol. The molecule has 0 radical (unpaired) electrons. The van der Waals surface area contributed by atoms with Crippen molar-refractivity contribution < 1.29 is 13.5 Å². The Hall–Kier alpha value is -0.170. The molecule has 0 aromatic heterocycles. The van der Waals surface area contributed by atoms with Crippen LogP contribution in [-0.2, 0) is 10.2 Å². The summed E-state index contributed by atoms with van der Waals surface area (Å²) in [5.41, 5.74) is 0. The van der Waals surface area contributed by atoms with Crippen LogP contribution in [0.5, 0.6) is 0 Å². The molecule has 90 valence electrons. The highest BCUT2D eigenvalue weighted by atomic mass is 32.2. The highest BCUT2D eigenvalue weighted by Gasteiger charge is 2.27. The Morgan fingerprint density at radius 1 is 1.60 bits per heavy atom. The van der Waals surface area contributed by atoms with Gasteiger partial charge in [-0.3, -0.25) is 0 Å². The van der Waals surface area contributed by atoms with E-state index in [-0.39, 0.29) is 6.61 Å². The molecule has 2 unspecified atom stereocenters. The molecule has 0 aromatic rings. The Labute approximate surface area is 91.7 Å². The SMILES string of the molecule is CC1CCCN(S(=O)(=O)NC(C)CO)C1. The third kappa shape index (κ3) is 3.71. The van der Waals surface area contributed by atoms with Gasteiger partial charge in [-0.25, -0.2) is 0 Å². The summed E-state index contributed by atoms with van der Waals surface area (Å²) in [6, 6.07) is -0.424. The zero-order valence-corrected chi connectivity index (χ0v) is 10.1. The Balaban J connectivity index is 2.60. The van der Waals surface area contributed by atoms with Crippen LogP contribution in [0, 0.1) is 5.92 Å². The lowest BCUT2D eigenvalue weighted by Crippen LogP contribution is -2.48. The van der Waals surface area contributed by atoms with E-state index in [1.807, 2.05) is 0 Å². The summed E-state index contributed by atoms with van der Waals surface area (Å²) in [4.78, 5) is 0. The van der Waals surface area contributed by atoms with Crippen LogP contribution in [-0.4, -0.2) is 43.6 Å². The number of rotatable bonds is 4. The van der Waals surface area contributed by atoms with Gasteiger partial charge in [-0.2, -0.15) is 17.4 Å². The first kappa shape index (κ1) is 12.9. The number of aliphatic hydroxyl groups is 1. The van der Waals surface area contributed by atoms with Crippen molar-refractivity contribution in [2.45, 2.75) is 32.7 Å². The topological polar surface area (TPSA) is 69.6 Å². The van der Waals surface area contributed by atoms with Crippen LogP contribution in [0.2, 0.25) is 0 Å². The summed E-state index contributed by atoms with van der Waals surface area (Å²) in [6.45, 7) is 4.68. The standard InChI is InChI=1S/C9H20N2O3S/c1-8-4-3-5-11(6-8)15(13,14)10-9(2)7-12/h8-10,12H,3-7H2,1-2H3.